The van der Waals surface area contributed by atoms with Crippen molar-refractivity contribution in [2.45, 2.75) is 6.92 Å². The molecule has 18 heavy (non-hydrogen) atoms. The van der Waals surface area contributed by atoms with Crippen molar-refractivity contribution in [3.8, 4) is 0 Å². The summed E-state index contributed by atoms with van der Waals surface area (Å²) in [5.74, 6) is -0.452. The molecule has 0 aliphatic heterocycles. The van der Waals surface area contributed by atoms with Crippen LogP contribution < -0.4 is 10.9 Å². The number of aromatic nitrogens is 2. The summed E-state index contributed by atoms with van der Waals surface area (Å²) in [5.41, 5.74) is 1.14. The number of anilines is 1. The Labute approximate surface area is 108 Å². The molecule has 6 heteroatoms. The summed E-state index contributed by atoms with van der Waals surface area (Å²) in [7, 11) is 0. The molecule has 0 bridgehead atoms. The van der Waals surface area contributed by atoms with Crippen LogP contribution in [0.2, 0.25) is 5.02 Å². The molecule has 2 rings (SSSR count). The largest absolute Gasteiger partial charge is 0.320 e. The van der Waals surface area contributed by atoms with E-state index in [1.807, 2.05) is 6.92 Å². The van der Waals surface area contributed by atoms with Crippen LogP contribution in [0.1, 0.15) is 16.1 Å². The molecule has 1 aromatic heterocycles. The quantitative estimate of drug-likeness (QED) is 0.870. The highest BCUT2D eigenvalue weighted by atomic mass is 35.5. The second-order valence-corrected chi connectivity index (χ2v) is 4.15. The Morgan fingerprint density at radius 2 is 2.17 bits per heavy atom. The van der Waals surface area contributed by atoms with E-state index in [0.29, 0.717) is 10.7 Å². The molecule has 0 radical (unpaired) electrons. The van der Waals surface area contributed by atoms with E-state index in [2.05, 4.69) is 15.3 Å². The van der Waals surface area contributed by atoms with Gasteiger partial charge in [-0.2, -0.15) is 0 Å². The molecule has 0 aliphatic carbocycles. The Morgan fingerprint density at radius 1 is 1.39 bits per heavy atom. The number of aromatic amines is 1. The molecule has 0 aliphatic rings. The molecule has 0 saturated carbocycles. The van der Waals surface area contributed by atoms with Gasteiger partial charge >= 0.3 is 0 Å². The van der Waals surface area contributed by atoms with Crippen LogP contribution in [0.3, 0.4) is 0 Å². The highest BCUT2D eigenvalue weighted by Crippen LogP contribution is 2.20. The summed E-state index contributed by atoms with van der Waals surface area (Å²) in [4.78, 5) is 29.1. The lowest BCUT2D eigenvalue weighted by Gasteiger charge is -2.07. The van der Waals surface area contributed by atoms with E-state index in [-0.39, 0.29) is 11.3 Å². The second-order valence-electron chi connectivity index (χ2n) is 3.71. The Morgan fingerprint density at radius 3 is 2.89 bits per heavy atom. The fourth-order valence-electron chi connectivity index (χ4n) is 1.41. The monoisotopic (exact) mass is 263 g/mol. The van der Waals surface area contributed by atoms with Crippen molar-refractivity contribution in [1.82, 2.24) is 9.97 Å². The van der Waals surface area contributed by atoms with Gasteiger partial charge in [-0.25, -0.2) is 4.98 Å². The van der Waals surface area contributed by atoms with E-state index in [9.17, 15) is 9.59 Å². The first-order chi connectivity index (χ1) is 8.56. The van der Waals surface area contributed by atoms with E-state index in [1.165, 1.54) is 6.33 Å². The minimum absolute atomic E-state index is 0.0538. The number of hydrogen-bond acceptors (Lipinski definition) is 3. The van der Waals surface area contributed by atoms with Gasteiger partial charge in [0.2, 0.25) is 0 Å². The Kier molecular flexibility index (Phi) is 3.43. The number of hydrogen-bond donors (Lipinski definition) is 2. The van der Waals surface area contributed by atoms with Crippen molar-refractivity contribution >= 4 is 23.2 Å². The maximum absolute atomic E-state index is 11.9. The SMILES string of the molecule is Cc1ccc(Cl)cc1NC(=O)c1cc(=O)[nH]cn1. The van der Waals surface area contributed by atoms with Crippen molar-refractivity contribution in [1.29, 1.82) is 0 Å². The van der Waals surface area contributed by atoms with Gasteiger partial charge in [0, 0.05) is 16.8 Å². The standard InChI is InChI=1S/C12H10ClN3O2/c1-7-2-3-8(13)4-9(7)16-12(18)10-5-11(17)15-6-14-10/h2-6H,1H3,(H,16,18)(H,14,15,17). The zero-order chi connectivity index (χ0) is 13.1. The number of H-pyrrole nitrogens is 1. The smallest absolute Gasteiger partial charge is 0.274 e. The minimum atomic E-state index is -0.452. The zero-order valence-corrected chi connectivity index (χ0v) is 10.3. The molecule has 0 saturated heterocycles. The van der Waals surface area contributed by atoms with Gasteiger partial charge in [-0.3, -0.25) is 9.59 Å². The number of benzene rings is 1. The zero-order valence-electron chi connectivity index (χ0n) is 9.53. The van der Waals surface area contributed by atoms with Crippen molar-refractivity contribution in [2.24, 2.45) is 0 Å². The number of rotatable bonds is 2. The predicted octanol–water partition coefficient (Wildman–Crippen LogP) is 1.98. The van der Waals surface area contributed by atoms with Crippen LogP contribution in [0.15, 0.2) is 35.4 Å². The Bertz CT molecular complexity index is 652. The second kappa shape index (κ2) is 5.01. The molecular weight excluding hydrogens is 254 g/mol. The van der Waals surface area contributed by atoms with Crippen molar-refractivity contribution < 1.29 is 4.79 Å². The van der Waals surface area contributed by atoms with Gasteiger partial charge in [0.25, 0.3) is 11.5 Å². The number of amides is 1. The molecule has 0 spiro atoms. The van der Waals surface area contributed by atoms with E-state index in [0.717, 1.165) is 11.6 Å². The van der Waals surface area contributed by atoms with Gasteiger partial charge in [-0.05, 0) is 24.6 Å². The maximum atomic E-state index is 11.9. The summed E-state index contributed by atoms with van der Waals surface area (Å²) in [6, 6.07) is 6.30. The minimum Gasteiger partial charge on any atom is -0.320 e. The first-order valence-corrected chi connectivity index (χ1v) is 5.56. The summed E-state index contributed by atoms with van der Waals surface area (Å²) in [6.45, 7) is 1.84. The third-order valence-electron chi connectivity index (χ3n) is 2.36. The normalized spacial score (nSPS) is 10.1. The van der Waals surface area contributed by atoms with Gasteiger partial charge in [0.1, 0.15) is 5.69 Å². The highest BCUT2D eigenvalue weighted by Gasteiger charge is 2.09. The molecule has 92 valence electrons. The number of nitrogens with one attached hydrogen (secondary N) is 2. The van der Waals surface area contributed by atoms with E-state index < -0.39 is 5.91 Å². The molecule has 1 amide bonds. The number of aryl methyl sites for hydroxylation is 1. The first-order valence-electron chi connectivity index (χ1n) is 5.18. The van der Waals surface area contributed by atoms with Crippen molar-refractivity contribution in [3.05, 3.63) is 57.2 Å². The maximum Gasteiger partial charge on any atom is 0.274 e. The first kappa shape index (κ1) is 12.3. The topological polar surface area (TPSA) is 74.8 Å². The summed E-state index contributed by atoms with van der Waals surface area (Å²) in [5, 5.41) is 3.18. The van der Waals surface area contributed by atoms with Gasteiger partial charge in [-0.15, -0.1) is 0 Å². The van der Waals surface area contributed by atoms with Crippen LogP contribution in [0.5, 0.6) is 0 Å². The van der Waals surface area contributed by atoms with Crippen LogP contribution in [0, 0.1) is 6.92 Å². The Balaban J connectivity index is 2.26. The molecule has 0 atom stereocenters. The number of halogens is 1. The fourth-order valence-corrected chi connectivity index (χ4v) is 1.58. The highest BCUT2D eigenvalue weighted by molar-refractivity contribution is 6.31. The molecule has 1 aromatic carbocycles. The molecular formula is C12H10ClN3O2. The Hall–Kier alpha value is -2.14. The van der Waals surface area contributed by atoms with Crippen LogP contribution in [0.4, 0.5) is 5.69 Å². The average Bonchev–Trinajstić information content (AvgIpc) is 2.34. The summed E-state index contributed by atoms with van der Waals surface area (Å²) < 4.78 is 0. The van der Waals surface area contributed by atoms with E-state index >= 15 is 0 Å². The molecule has 5 nitrogen and oxygen atoms in total. The predicted molar refractivity (Wildman–Crippen MR) is 69.0 cm³/mol. The summed E-state index contributed by atoms with van der Waals surface area (Å²) in [6.07, 6.45) is 1.18. The number of nitrogens with zero attached hydrogens (tertiary/aromatic N) is 1. The van der Waals surface area contributed by atoms with Crippen LogP contribution in [-0.4, -0.2) is 15.9 Å². The molecule has 0 fully saturated rings. The van der Waals surface area contributed by atoms with Gasteiger partial charge in [0.05, 0.1) is 6.33 Å². The number of carbonyl (C=O) groups is 1. The average molecular weight is 264 g/mol. The molecule has 2 N–H and O–H groups in total. The number of carbonyl (C=O) groups excluding carboxylic acids is 1. The molecule has 1 heterocycles. The van der Waals surface area contributed by atoms with Gasteiger partial charge in [-0.1, -0.05) is 17.7 Å². The lowest BCUT2D eigenvalue weighted by molar-refractivity contribution is 0.102. The third kappa shape index (κ3) is 2.75. The van der Waals surface area contributed by atoms with Crippen LogP contribution >= 0.6 is 11.6 Å². The fraction of sp³-hybridized carbons (Fsp3) is 0.0833. The lowest BCUT2D eigenvalue weighted by Crippen LogP contribution is -2.18. The van der Waals surface area contributed by atoms with E-state index in [1.54, 1.807) is 18.2 Å². The summed E-state index contributed by atoms with van der Waals surface area (Å²) >= 11 is 5.85. The van der Waals surface area contributed by atoms with Crippen LogP contribution in [-0.2, 0) is 0 Å². The van der Waals surface area contributed by atoms with Crippen molar-refractivity contribution in [2.75, 3.05) is 5.32 Å². The lowest BCUT2D eigenvalue weighted by atomic mass is 10.2. The van der Waals surface area contributed by atoms with Crippen LogP contribution in [0.25, 0.3) is 0 Å². The molecule has 2 aromatic rings. The van der Waals surface area contributed by atoms with E-state index in [4.69, 9.17) is 11.6 Å². The van der Waals surface area contributed by atoms with Gasteiger partial charge in [0.15, 0.2) is 0 Å². The van der Waals surface area contributed by atoms with Gasteiger partial charge < -0.3 is 10.3 Å². The third-order valence-corrected chi connectivity index (χ3v) is 2.59. The molecule has 0 unspecified atom stereocenters. The van der Waals surface area contributed by atoms with Crippen molar-refractivity contribution in [3.63, 3.8) is 0 Å².